The molecule has 0 radical (unpaired) electrons. The highest BCUT2D eigenvalue weighted by Gasteiger charge is 2.50. The number of nitrogens with two attached hydrogens (primary N) is 1. The fourth-order valence-electron chi connectivity index (χ4n) is 4.10. The molecule has 11 heteroatoms. The third-order valence-electron chi connectivity index (χ3n) is 5.72. The maximum Gasteiger partial charge on any atom is 0.504 e. The predicted octanol–water partition coefficient (Wildman–Crippen LogP) is 5.00. The van der Waals surface area contributed by atoms with Crippen LogP contribution in [0.3, 0.4) is 0 Å². The standard InChI is InChI=1S/C23H18F5N5O/c1-3-15-21(33(22(15)34)14-5-6-19(30-4-2)18(29)9-14)20-16(24)7-12(8-17(20)25)13-10-31-32(11-13)23(26,27)28/h2,5-11,15,21,30H,3,29H2,1H3/t15-,21-/m1/s1. The molecule has 3 N–H and O–H groups in total. The number of hydrogen-bond acceptors (Lipinski definition) is 4. The molecule has 3 aromatic rings. The van der Waals surface area contributed by atoms with E-state index in [9.17, 15) is 18.0 Å². The van der Waals surface area contributed by atoms with E-state index < -0.39 is 29.9 Å². The number of terminal acetylenes is 1. The number of benzene rings is 2. The average Bonchev–Trinajstić information content (AvgIpc) is 3.26. The summed E-state index contributed by atoms with van der Waals surface area (Å²) in [5.74, 6) is -3.00. The molecule has 2 aromatic carbocycles. The zero-order valence-corrected chi connectivity index (χ0v) is 17.7. The first-order valence-corrected chi connectivity index (χ1v) is 10.1. The van der Waals surface area contributed by atoms with Gasteiger partial charge in [0.25, 0.3) is 0 Å². The first-order chi connectivity index (χ1) is 16.1. The van der Waals surface area contributed by atoms with Gasteiger partial charge in [-0.25, -0.2) is 8.78 Å². The van der Waals surface area contributed by atoms with Crippen LogP contribution in [0.15, 0.2) is 42.7 Å². The Morgan fingerprint density at radius 1 is 1.18 bits per heavy atom. The summed E-state index contributed by atoms with van der Waals surface area (Å²) in [6.45, 7) is 1.72. The predicted molar refractivity (Wildman–Crippen MR) is 116 cm³/mol. The van der Waals surface area contributed by atoms with Crippen LogP contribution in [0.4, 0.5) is 39.0 Å². The number of anilines is 3. The van der Waals surface area contributed by atoms with Crippen LogP contribution in [-0.2, 0) is 11.1 Å². The second-order valence-corrected chi connectivity index (χ2v) is 7.70. The van der Waals surface area contributed by atoms with Crippen molar-refractivity contribution in [2.24, 2.45) is 5.92 Å². The van der Waals surface area contributed by atoms with E-state index in [1.807, 2.05) is 0 Å². The Morgan fingerprint density at radius 2 is 1.85 bits per heavy atom. The van der Waals surface area contributed by atoms with Crippen LogP contribution in [0, 0.1) is 30.0 Å². The molecule has 0 spiro atoms. The van der Waals surface area contributed by atoms with E-state index in [-0.39, 0.29) is 33.0 Å². The number of hydrogen-bond donors (Lipinski definition) is 2. The van der Waals surface area contributed by atoms with Crippen LogP contribution in [0.1, 0.15) is 24.9 Å². The summed E-state index contributed by atoms with van der Waals surface area (Å²) in [4.78, 5) is 14.0. The van der Waals surface area contributed by atoms with E-state index in [2.05, 4.69) is 16.5 Å². The van der Waals surface area contributed by atoms with E-state index >= 15 is 8.78 Å². The van der Waals surface area contributed by atoms with Crippen molar-refractivity contribution in [1.29, 1.82) is 0 Å². The number of nitrogen functional groups attached to an aromatic ring is 1. The van der Waals surface area contributed by atoms with Gasteiger partial charge in [0.15, 0.2) is 0 Å². The maximum atomic E-state index is 15.2. The SMILES string of the molecule is C#CNc1ccc(N2C(=O)[C@H](CC)[C@@H]2c2c(F)cc(-c3cnn(C(F)(F)F)c3)cc2F)cc1N. The lowest BCUT2D eigenvalue weighted by Gasteiger charge is -2.47. The van der Waals surface area contributed by atoms with Gasteiger partial charge in [-0.3, -0.25) is 4.79 Å². The third kappa shape index (κ3) is 3.81. The van der Waals surface area contributed by atoms with Crippen molar-refractivity contribution >= 4 is 23.0 Å². The van der Waals surface area contributed by atoms with E-state index in [1.165, 1.54) is 11.0 Å². The van der Waals surface area contributed by atoms with Crippen LogP contribution >= 0.6 is 0 Å². The van der Waals surface area contributed by atoms with Crippen LogP contribution < -0.4 is 16.0 Å². The Labute approximate surface area is 191 Å². The van der Waals surface area contributed by atoms with Crippen LogP contribution in [-0.4, -0.2) is 15.7 Å². The number of nitrogens with zero attached hydrogens (tertiary/aromatic N) is 3. The largest absolute Gasteiger partial charge is 0.504 e. The molecule has 1 fully saturated rings. The number of carbonyl (C=O) groups excluding carboxylic acids is 1. The van der Waals surface area contributed by atoms with E-state index in [4.69, 9.17) is 12.2 Å². The fourth-order valence-corrected chi connectivity index (χ4v) is 4.10. The van der Waals surface area contributed by atoms with E-state index in [0.717, 1.165) is 18.3 Å². The number of rotatable bonds is 5. The molecule has 176 valence electrons. The van der Waals surface area contributed by atoms with Crippen LogP contribution in [0.25, 0.3) is 11.1 Å². The van der Waals surface area contributed by atoms with Gasteiger partial charge >= 0.3 is 6.30 Å². The molecular weight excluding hydrogens is 457 g/mol. The number of aromatic nitrogens is 2. The lowest BCUT2D eigenvalue weighted by molar-refractivity contribution is -0.212. The van der Waals surface area contributed by atoms with Gasteiger partial charge in [0.1, 0.15) is 11.6 Å². The molecule has 1 saturated heterocycles. The minimum Gasteiger partial charge on any atom is -0.397 e. The smallest absolute Gasteiger partial charge is 0.397 e. The first-order valence-electron chi connectivity index (χ1n) is 10.1. The lowest BCUT2D eigenvalue weighted by Crippen LogP contribution is -2.55. The number of β-lactam (4-membered cyclic amide) rings is 1. The Balaban J connectivity index is 1.73. The number of nitrogens with one attached hydrogen (secondary N) is 1. The summed E-state index contributed by atoms with van der Waals surface area (Å²) in [6, 6.07) is 7.67. The number of amides is 1. The van der Waals surface area contributed by atoms with Gasteiger partial charge in [0.05, 0.1) is 29.5 Å². The number of alkyl halides is 3. The highest BCUT2D eigenvalue weighted by atomic mass is 19.4. The second-order valence-electron chi connectivity index (χ2n) is 7.70. The van der Waals surface area contributed by atoms with Crippen molar-refractivity contribution in [2.75, 3.05) is 16.0 Å². The summed E-state index contributed by atoms with van der Waals surface area (Å²) >= 11 is 0. The highest BCUT2D eigenvalue weighted by molar-refractivity contribution is 6.04. The minimum atomic E-state index is -4.76. The summed E-state index contributed by atoms with van der Waals surface area (Å²) < 4.78 is 68.6. The Hall–Kier alpha value is -4.07. The Kier molecular flexibility index (Phi) is 5.69. The van der Waals surface area contributed by atoms with Crippen molar-refractivity contribution in [3.05, 3.63) is 59.9 Å². The van der Waals surface area contributed by atoms with Gasteiger partial charge in [0, 0.05) is 29.1 Å². The summed E-state index contributed by atoms with van der Waals surface area (Å²) in [6.07, 6.45) is 2.27. The third-order valence-corrected chi connectivity index (χ3v) is 5.72. The Bertz CT molecular complexity index is 1290. The van der Waals surface area contributed by atoms with Crippen molar-refractivity contribution in [2.45, 2.75) is 25.7 Å². The second kappa shape index (κ2) is 8.37. The quantitative estimate of drug-likeness (QED) is 0.179. The van der Waals surface area contributed by atoms with Gasteiger partial charge in [0.2, 0.25) is 5.91 Å². The minimum absolute atomic E-state index is 0.111. The summed E-state index contributed by atoms with van der Waals surface area (Å²) in [5.41, 5.74) is 6.38. The molecule has 1 aliphatic rings. The zero-order chi connectivity index (χ0) is 24.8. The van der Waals surface area contributed by atoms with Crippen molar-refractivity contribution in [1.82, 2.24) is 9.78 Å². The maximum absolute atomic E-state index is 15.2. The van der Waals surface area contributed by atoms with Gasteiger partial charge < -0.3 is 16.0 Å². The monoisotopic (exact) mass is 475 g/mol. The molecule has 1 aromatic heterocycles. The van der Waals surface area contributed by atoms with Gasteiger partial charge in [-0.15, -0.1) is 13.2 Å². The molecule has 0 saturated carbocycles. The van der Waals surface area contributed by atoms with Gasteiger partial charge in [-0.05, 0) is 42.3 Å². The first kappa shape index (κ1) is 23.1. The summed E-state index contributed by atoms with van der Waals surface area (Å²) in [5, 5.41) is 5.79. The number of carbonyl (C=O) groups is 1. The molecule has 0 aliphatic carbocycles. The van der Waals surface area contributed by atoms with Crippen molar-refractivity contribution < 1.29 is 26.7 Å². The number of halogens is 5. The lowest BCUT2D eigenvalue weighted by atomic mass is 9.79. The molecule has 2 heterocycles. The van der Waals surface area contributed by atoms with Crippen molar-refractivity contribution in [3.63, 3.8) is 0 Å². The van der Waals surface area contributed by atoms with Gasteiger partial charge in [-0.1, -0.05) is 13.3 Å². The molecule has 1 aliphatic heterocycles. The van der Waals surface area contributed by atoms with Gasteiger partial charge in [-0.2, -0.15) is 9.78 Å². The van der Waals surface area contributed by atoms with E-state index in [0.29, 0.717) is 24.0 Å². The molecule has 0 bridgehead atoms. The average molecular weight is 475 g/mol. The Morgan fingerprint density at radius 3 is 2.38 bits per heavy atom. The normalized spacial score (nSPS) is 17.9. The molecule has 4 rings (SSSR count). The van der Waals surface area contributed by atoms with Crippen LogP contribution in [0.5, 0.6) is 0 Å². The molecular formula is C23H18F5N5O. The fraction of sp³-hybridized carbons (Fsp3) is 0.217. The molecule has 34 heavy (non-hydrogen) atoms. The van der Waals surface area contributed by atoms with Crippen LogP contribution in [0.2, 0.25) is 0 Å². The molecule has 2 atom stereocenters. The van der Waals surface area contributed by atoms with E-state index in [1.54, 1.807) is 19.1 Å². The zero-order valence-electron chi connectivity index (χ0n) is 17.7. The topological polar surface area (TPSA) is 76.2 Å². The highest BCUT2D eigenvalue weighted by Crippen LogP contribution is 2.47. The molecule has 1 amide bonds. The van der Waals surface area contributed by atoms with Crippen molar-refractivity contribution in [3.8, 4) is 23.6 Å². The summed E-state index contributed by atoms with van der Waals surface area (Å²) in [7, 11) is 0. The molecule has 6 nitrogen and oxygen atoms in total. The molecule has 0 unspecified atom stereocenters.